The van der Waals surface area contributed by atoms with Crippen LogP contribution in [0.4, 0.5) is 5.69 Å². The molecule has 4 nitrogen and oxygen atoms in total. The summed E-state index contributed by atoms with van der Waals surface area (Å²) in [5.74, 6) is 0.322. The van der Waals surface area contributed by atoms with Gasteiger partial charge in [0.1, 0.15) is 0 Å². The zero-order valence-electron chi connectivity index (χ0n) is 8.60. The highest BCUT2D eigenvalue weighted by molar-refractivity contribution is 5.86. The van der Waals surface area contributed by atoms with Gasteiger partial charge in [-0.3, -0.25) is 9.48 Å². The average Bonchev–Trinajstić information content (AvgIpc) is 2.70. The second kappa shape index (κ2) is 3.44. The molecule has 1 aliphatic heterocycles. The third-order valence-electron chi connectivity index (χ3n) is 2.51. The Morgan fingerprint density at radius 1 is 1.50 bits per heavy atom. The van der Waals surface area contributed by atoms with Gasteiger partial charge < -0.3 is 4.90 Å². The van der Waals surface area contributed by atoms with Gasteiger partial charge in [-0.05, 0) is 13.8 Å². The van der Waals surface area contributed by atoms with Crippen LogP contribution in [0.3, 0.4) is 0 Å². The maximum atomic E-state index is 11.1. The number of hydrogen-bond acceptors (Lipinski definition) is 3. The Bertz CT molecular complexity index is 343. The topological polar surface area (TPSA) is 38.1 Å². The van der Waals surface area contributed by atoms with Crippen LogP contribution in [0, 0.1) is 0 Å². The molecule has 2 heterocycles. The van der Waals surface area contributed by atoms with E-state index in [-0.39, 0.29) is 0 Å². The molecule has 0 saturated carbocycles. The van der Waals surface area contributed by atoms with Crippen molar-refractivity contribution in [2.75, 3.05) is 18.0 Å². The van der Waals surface area contributed by atoms with Crippen molar-refractivity contribution in [1.82, 2.24) is 9.78 Å². The van der Waals surface area contributed by atoms with E-state index in [1.807, 2.05) is 17.1 Å². The van der Waals surface area contributed by atoms with Crippen molar-refractivity contribution < 1.29 is 4.79 Å². The van der Waals surface area contributed by atoms with Crippen LogP contribution < -0.4 is 4.90 Å². The highest BCUT2D eigenvalue weighted by Crippen LogP contribution is 2.18. The van der Waals surface area contributed by atoms with Gasteiger partial charge in [-0.1, -0.05) is 0 Å². The van der Waals surface area contributed by atoms with E-state index in [0.717, 1.165) is 12.2 Å². The lowest BCUT2D eigenvalue weighted by atomic mass is 10.4. The lowest BCUT2D eigenvalue weighted by Gasteiger charge is -2.12. The Labute approximate surface area is 83.5 Å². The number of nitrogens with zero attached hydrogens (tertiary/aromatic N) is 3. The Balaban J connectivity index is 2.13. The molecule has 1 aliphatic rings. The molecular weight excluding hydrogens is 178 g/mol. The predicted molar refractivity (Wildman–Crippen MR) is 54.4 cm³/mol. The molecule has 0 N–H and O–H groups in total. The largest absolute Gasteiger partial charge is 0.361 e. The molecule has 1 aromatic rings. The summed E-state index contributed by atoms with van der Waals surface area (Å²) < 4.78 is 1.91. The van der Waals surface area contributed by atoms with Crippen molar-refractivity contribution in [3.05, 3.63) is 12.4 Å². The normalized spacial score (nSPS) is 17.1. The molecule has 0 spiro atoms. The van der Waals surface area contributed by atoms with Crippen LogP contribution in [0.2, 0.25) is 0 Å². The molecule has 1 fully saturated rings. The van der Waals surface area contributed by atoms with Crippen molar-refractivity contribution in [2.24, 2.45) is 0 Å². The minimum absolute atomic E-state index is 0.322. The molecule has 0 aliphatic carbocycles. The van der Waals surface area contributed by atoms with Gasteiger partial charge in [0.15, 0.2) is 5.78 Å². The van der Waals surface area contributed by atoms with Crippen molar-refractivity contribution in [3.63, 3.8) is 0 Å². The molecule has 2 rings (SSSR count). The molecule has 0 aromatic carbocycles. The van der Waals surface area contributed by atoms with Crippen LogP contribution >= 0.6 is 0 Å². The summed E-state index contributed by atoms with van der Waals surface area (Å²) in [6, 6.07) is 0.377. The minimum Gasteiger partial charge on any atom is -0.361 e. The molecule has 4 heteroatoms. The van der Waals surface area contributed by atoms with Gasteiger partial charge in [0.25, 0.3) is 0 Å². The number of hydrogen-bond donors (Lipinski definition) is 0. The first-order valence-electron chi connectivity index (χ1n) is 4.97. The fourth-order valence-corrected chi connectivity index (χ4v) is 1.62. The number of Topliss-reactive ketones (excluding diaryl/α,β-unsaturated/α-hetero) is 1. The summed E-state index contributed by atoms with van der Waals surface area (Å²) in [6.07, 6.45) is 4.51. The molecule has 1 aromatic heterocycles. The second-order valence-electron chi connectivity index (χ2n) is 3.98. The molecule has 0 amide bonds. The van der Waals surface area contributed by atoms with E-state index in [2.05, 4.69) is 23.8 Å². The molecule has 76 valence electrons. The fraction of sp³-hybridized carbons (Fsp3) is 0.600. The number of rotatable bonds is 2. The van der Waals surface area contributed by atoms with Gasteiger partial charge in [0, 0.05) is 25.2 Å². The molecule has 0 radical (unpaired) electrons. The van der Waals surface area contributed by atoms with E-state index >= 15 is 0 Å². The highest BCUT2D eigenvalue weighted by Gasteiger charge is 2.20. The third kappa shape index (κ3) is 1.64. The Hall–Kier alpha value is -1.32. The number of aromatic nitrogens is 2. The van der Waals surface area contributed by atoms with Crippen LogP contribution in [0.25, 0.3) is 0 Å². The van der Waals surface area contributed by atoms with E-state index in [1.54, 1.807) is 0 Å². The standard InChI is InChI=1S/C10H15N3O/c1-8(2)13-6-9(5-11-13)12-4-3-10(14)7-12/h5-6,8H,3-4,7H2,1-2H3. The van der Waals surface area contributed by atoms with E-state index in [4.69, 9.17) is 0 Å². The first-order valence-corrected chi connectivity index (χ1v) is 4.97. The summed E-state index contributed by atoms with van der Waals surface area (Å²) in [6.45, 7) is 5.56. The maximum Gasteiger partial charge on any atom is 0.153 e. The summed E-state index contributed by atoms with van der Waals surface area (Å²) in [7, 11) is 0. The fourth-order valence-electron chi connectivity index (χ4n) is 1.62. The Morgan fingerprint density at radius 2 is 2.29 bits per heavy atom. The number of ketones is 1. The third-order valence-corrected chi connectivity index (χ3v) is 2.51. The first kappa shape index (κ1) is 9.24. The first-order chi connectivity index (χ1) is 6.66. The quantitative estimate of drug-likeness (QED) is 0.709. The van der Waals surface area contributed by atoms with Crippen LogP contribution in [0.5, 0.6) is 0 Å². The van der Waals surface area contributed by atoms with Gasteiger partial charge in [0.05, 0.1) is 18.4 Å². The lowest BCUT2D eigenvalue weighted by molar-refractivity contribution is -0.116. The van der Waals surface area contributed by atoms with Crippen molar-refractivity contribution >= 4 is 11.5 Å². The van der Waals surface area contributed by atoms with Crippen molar-refractivity contribution in [2.45, 2.75) is 26.3 Å². The van der Waals surface area contributed by atoms with Crippen LogP contribution in [0.15, 0.2) is 12.4 Å². The van der Waals surface area contributed by atoms with E-state index < -0.39 is 0 Å². The number of carbonyl (C=O) groups excluding carboxylic acids is 1. The second-order valence-corrected chi connectivity index (χ2v) is 3.98. The number of anilines is 1. The zero-order chi connectivity index (χ0) is 10.1. The molecule has 1 saturated heterocycles. The molecule has 0 atom stereocenters. The highest BCUT2D eigenvalue weighted by atomic mass is 16.1. The van der Waals surface area contributed by atoms with E-state index in [0.29, 0.717) is 24.8 Å². The summed E-state index contributed by atoms with van der Waals surface area (Å²) in [4.78, 5) is 13.2. The van der Waals surface area contributed by atoms with E-state index in [1.165, 1.54) is 0 Å². The lowest BCUT2D eigenvalue weighted by Crippen LogP contribution is -2.18. The summed E-state index contributed by atoms with van der Waals surface area (Å²) >= 11 is 0. The van der Waals surface area contributed by atoms with Crippen molar-refractivity contribution in [1.29, 1.82) is 0 Å². The van der Waals surface area contributed by atoms with Gasteiger partial charge in [-0.25, -0.2) is 0 Å². The van der Waals surface area contributed by atoms with Gasteiger partial charge in [-0.15, -0.1) is 0 Å². The smallest absolute Gasteiger partial charge is 0.153 e. The molecule has 0 unspecified atom stereocenters. The maximum absolute atomic E-state index is 11.1. The average molecular weight is 193 g/mol. The van der Waals surface area contributed by atoms with Gasteiger partial charge in [-0.2, -0.15) is 5.10 Å². The van der Waals surface area contributed by atoms with Gasteiger partial charge in [0.2, 0.25) is 0 Å². The zero-order valence-corrected chi connectivity index (χ0v) is 8.60. The molecule has 0 bridgehead atoms. The minimum atomic E-state index is 0.322. The SMILES string of the molecule is CC(C)n1cc(N2CCC(=O)C2)cn1. The predicted octanol–water partition coefficient (Wildman–Crippen LogP) is 1.24. The van der Waals surface area contributed by atoms with Crippen LogP contribution in [-0.4, -0.2) is 28.7 Å². The molecule has 14 heavy (non-hydrogen) atoms. The number of carbonyl (C=O) groups is 1. The van der Waals surface area contributed by atoms with Crippen LogP contribution in [0.1, 0.15) is 26.3 Å². The van der Waals surface area contributed by atoms with Crippen molar-refractivity contribution in [3.8, 4) is 0 Å². The van der Waals surface area contributed by atoms with Gasteiger partial charge >= 0.3 is 0 Å². The monoisotopic (exact) mass is 193 g/mol. The van der Waals surface area contributed by atoms with Crippen LogP contribution in [-0.2, 0) is 4.79 Å². The summed E-state index contributed by atoms with van der Waals surface area (Å²) in [5.41, 5.74) is 1.06. The summed E-state index contributed by atoms with van der Waals surface area (Å²) in [5, 5.41) is 4.25. The Kier molecular flexibility index (Phi) is 2.27. The van der Waals surface area contributed by atoms with E-state index in [9.17, 15) is 4.79 Å². The molecular formula is C10H15N3O. The Morgan fingerprint density at radius 3 is 2.79 bits per heavy atom.